The zero-order valence-corrected chi connectivity index (χ0v) is 22.7. The first kappa shape index (κ1) is 24.9. The number of phenolic OH excluding ortho intramolecular Hbond substituents is 2. The van der Waals surface area contributed by atoms with Gasteiger partial charge in [-0.25, -0.2) is 0 Å². The zero-order valence-electron chi connectivity index (χ0n) is 22.7. The van der Waals surface area contributed by atoms with Gasteiger partial charge in [-0.3, -0.25) is 0 Å². The summed E-state index contributed by atoms with van der Waals surface area (Å²) in [5.74, 6) is 0.581. The predicted molar refractivity (Wildman–Crippen MR) is 166 cm³/mol. The molecule has 0 aromatic heterocycles. The summed E-state index contributed by atoms with van der Waals surface area (Å²) < 4.78 is 0. The molecule has 0 amide bonds. The maximum Gasteiger partial charge on any atom is 0.115 e. The van der Waals surface area contributed by atoms with Crippen molar-refractivity contribution in [1.82, 2.24) is 0 Å². The lowest BCUT2D eigenvalue weighted by Gasteiger charge is -2.34. The highest BCUT2D eigenvalue weighted by atomic mass is 16.3. The summed E-state index contributed by atoms with van der Waals surface area (Å²) in [6, 6.07) is 50.7. The topological polar surface area (TPSA) is 40.5 Å². The highest BCUT2D eigenvalue weighted by Gasteiger charge is 2.45. The second-order valence-corrected chi connectivity index (χ2v) is 10.9. The molecule has 0 bridgehead atoms. The van der Waals surface area contributed by atoms with Gasteiger partial charge < -0.3 is 10.2 Å². The number of hydrogen-bond acceptors (Lipinski definition) is 2. The highest BCUT2D eigenvalue weighted by molar-refractivity contribution is 5.86. The van der Waals surface area contributed by atoms with Crippen molar-refractivity contribution in [2.24, 2.45) is 0 Å². The number of fused-ring (bicyclic) bond motifs is 3. The monoisotopic (exact) mass is 530 g/mol. The molecule has 6 aromatic rings. The minimum absolute atomic E-state index is 0.290. The Morgan fingerprint density at radius 1 is 0.366 bits per heavy atom. The molecular weight excluding hydrogens is 500 g/mol. The van der Waals surface area contributed by atoms with Gasteiger partial charge in [-0.1, -0.05) is 121 Å². The number of benzene rings is 6. The van der Waals surface area contributed by atoms with Gasteiger partial charge in [0.2, 0.25) is 0 Å². The van der Waals surface area contributed by atoms with E-state index in [-0.39, 0.29) is 0 Å². The summed E-state index contributed by atoms with van der Waals surface area (Å²) in [4.78, 5) is 0. The molecule has 0 saturated heterocycles. The quantitative estimate of drug-likeness (QED) is 0.226. The van der Waals surface area contributed by atoms with E-state index in [0.29, 0.717) is 11.5 Å². The molecule has 0 saturated carbocycles. The fraction of sp³-hybridized carbons (Fsp3) is 0.0769. The van der Waals surface area contributed by atoms with Crippen molar-refractivity contribution >= 4 is 0 Å². The molecule has 0 fully saturated rings. The second-order valence-electron chi connectivity index (χ2n) is 10.9. The van der Waals surface area contributed by atoms with Gasteiger partial charge in [-0.05, 0) is 92.7 Å². The molecule has 1 aliphatic carbocycles. The van der Waals surface area contributed by atoms with Gasteiger partial charge in [0, 0.05) is 0 Å². The number of rotatable bonds is 6. The zero-order chi connectivity index (χ0) is 27.8. The smallest absolute Gasteiger partial charge is 0.115 e. The van der Waals surface area contributed by atoms with Crippen LogP contribution in [0, 0.1) is 0 Å². The molecular formula is C39H30O2. The largest absolute Gasteiger partial charge is 0.508 e. The van der Waals surface area contributed by atoms with E-state index in [4.69, 9.17) is 0 Å². The Labute approximate surface area is 240 Å². The van der Waals surface area contributed by atoms with Gasteiger partial charge in [0.25, 0.3) is 0 Å². The molecule has 6 aromatic carbocycles. The van der Waals surface area contributed by atoms with Gasteiger partial charge in [0.1, 0.15) is 11.5 Å². The van der Waals surface area contributed by atoms with Crippen LogP contribution in [-0.4, -0.2) is 10.2 Å². The maximum absolute atomic E-state index is 9.67. The third kappa shape index (κ3) is 4.38. The molecule has 0 radical (unpaired) electrons. The Balaban J connectivity index is 1.34. The van der Waals surface area contributed by atoms with Crippen LogP contribution in [0.25, 0.3) is 11.1 Å². The minimum atomic E-state index is -0.429. The van der Waals surface area contributed by atoms with Crippen molar-refractivity contribution in [2.45, 2.75) is 18.3 Å². The van der Waals surface area contributed by atoms with Crippen LogP contribution in [0.4, 0.5) is 0 Å². The molecule has 2 heteroatoms. The summed E-state index contributed by atoms with van der Waals surface area (Å²) in [5.41, 5.74) is 12.0. The summed E-state index contributed by atoms with van der Waals surface area (Å²) in [7, 11) is 0. The predicted octanol–water partition coefficient (Wildman–Crippen LogP) is 8.64. The van der Waals surface area contributed by atoms with Crippen molar-refractivity contribution in [2.75, 3.05) is 0 Å². The summed E-state index contributed by atoms with van der Waals surface area (Å²) in [6.45, 7) is 0. The van der Waals surface area contributed by atoms with E-state index in [1.807, 2.05) is 24.3 Å². The van der Waals surface area contributed by atoms with E-state index in [9.17, 15) is 10.2 Å². The van der Waals surface area contributed by atoms with Crippen LogP contribution in [0.5, 0.6) is 11.5 Å². The lowest BCUT2D eigenvalue weighted by Crippen LogP contribution is -2.28. The van der Waals surface area contributed by atoms with Gasteiger partial charge in [0.05, 0.1) is 5.41 Å². The average Bonchev–Trinajstić information content (AvgIpc) is 3.32. The SMILES string of the molecule is Oc1ccc(Cc2ccc(C3(c4ccc(Cc5ccc(O)cc5)cc4)c4ccccc4-c4ccccc43)cc2)cc1. The molecule has 1 aliphatic rings. The van der Waals surface area contributed by atoms with Crippen LogP contribution in [0.15, 0.2) is 146 Å². The van der Waals surface area contributed by atoms with E-state index >= 15 is 0 Å². The maximum atomic E-state index is 9.67. The van der Waals surface area contributed by atoms with Crippen LogP contribution < -0.4 is 0 Å². The molecule has 0 aliphatic heterocycles. The molecule has 2 N–H and O–H groups in total. The number of aromatic hydroxyl groups is 2. The summed E-state index contributed by atoms with van der Waals surface area (Å²) in [6.07, 6.45) is 1.62. The lowest BCUT2D eigenvalue weighted by molar-refractivity contribution is 0.474. The van der Waals surface area contributed by atoms with Gasteiger partial charge in [0.15, 0.2) is 0 Å². The fourth-order valence-electron chi connectivity index (χ4n) is 6.47. The average molecular weight is 531 g/mol. The summed E-state index contributed by atoms with van der Waals surface area (Å²) >= 11 is 0. The standard InChI is InChI=1S/C39H30O2/c40-33-21-13-29(14-22-33)25-27-9-17-31(18-10-27)39(37-7-3-1-5-35(37)36-6-2-4-8-38(36)39)32-19-11-28(12-20-32)26-30-15-23-34(41)24-16-30/h1-24,40-41H,25-26H2. The van der Waals surface area contributed by atoms with Crippen molar-refractivity contribution in [3.8, 4) is 22.6 Å². The van der Waals surface area contributed by atoms with Crippen LogP contribution in [0.1, 0.15) is 44.5 Å². The fourth-order valence-corrected chi connectivity index (χ4v) is 6.47. The van der Waals surface area contributed by atoms with Crippen LogP contribution in [-0.2, 0) is 18.3 Å². The van der Waals surface area contributed by atoms with E-state index in [1.165, 1.54) is 55.6 Å². The third-order valence-corrected chi connectivity index (χ3v) is 8.42. The Kier molecular flexibility index (Phi) is 6.17. The molecule has 2 nitrogen and oxygen atoms in total. The van der Waals surface area contributed by atoms with E-state index in [0.717, 1.165) is 12.8 Å². The van der Waals surface area contributed by atoms with E-state index in [2.05, 4.69) is 97.1 Å². The first-order valence-corrected chi connectivity index (χ1v) is 14.1. The van der Waals surface area contributed by atoms with Crippen LogP contribution in [0.2, 0.25) is 0 Å². The first-order chi connectivity index (χ1) is 20.1. The van der Waals surface area contributed by atoms with Crippen molar-refractivity contribution < 1.29 is 10.2 Å². The Morgan fingerprint density at radius 2 is 0.683 bits per heavy atom. The number of hydrogen-bond donors (Lipinski definition) is 2. The molecule has 0 spiro atoms. The third-order valence-electron chi connectivity index (χ3n) is 8.42. The Hall–Kier alpha value is -5.08. The first-order valence-electron chi connectivity index (χ1n) is 14.1. The summed E-state index contributed by atoms with van der Waals surface area (Å²) in [5, 5.41) is 19.3. The molecule has 0 heterocycles. The van der Waals surface area contributed by atoms with Crippen LogP contribution >= 0.6 is 0 Å². The van der Waals surface area contributed by atoms with Crippen molar-refractivity contribution in [3.63, 3.8) is 0 Å². The lowest BCUT2D eigenvalue weighted by atomic mass is 9.67. The van der Waals surface area contributed by atoms with E-state index in [1.54, 1.807) is 24.3 Å². The molecule has 41 heavy (non-hydrogen) atoms. The molecule has 198 valence electrons. The molecule has 0 unspecified atom stereocenters. The highest BCUT2D eigenvalue weighted by Crippen LogP contribution is 2.56. The van der Waals surface area contributed by atoms with E-state index < -0.39 is 5.41 Å². The molecule has 0 atom stereocenters. The van der Waals surface area contributed by atoms with Crippen molar-refractivity contribution in [1.29, 1.82) is 0 Å². The van der Waals surface area contributed by atoms with Gasteiger partial charge in [-0.15, -0.1) is 0 Å². The minimum Gasteiger partial charge on any atom is -0.508 e. The van der Waals surface area contributed by atoms with Crippen molar-refractivity contribution in [3.05, 3.63) is 190 Å². The Bertz CT molecular complexity index is 1680. The molecule has 7 rings (SSSR count). The van der Waals surface area contributed by atoms with Gasteiger partial charge in [-0.2, -0.15) is 0 Å². The van der Waals surface area contributed by atoms with Gasteiger partial charge >= 0.3 is 0 Å². The number of phenols is 2. The second kappa shape index (κ2) is 10.1. The van der Waals surface area contributed by atoms with Crippen LogP contribution in [0.3, 0.4) is 0 Å². The Morgan fingerprint density at radius 3 is 1.05 bits per heavy atom. The normalized spacial score (nSPS) is 13.0.